The minimum atomic E-state index is 0.426. The van der Waals surface area contributed by atoms with Gasteiger partial charge in [0.1, 0.15) is 0 Å². The van der Waals surface area contributed by atoms with Crippen LogP contribution in [0.25, 0.3) is 0 Å². The lowest BCUT2D eigenvalue weighted by Gasteiger charge is -2.29. The third kappa shape index (κ3) is 2.38. The van der Waals surface area contributed by atoms with Crippen LogP contribution in [0.4, 0.5) is 0 Å². The van der Waals surface area contributed by atoms with Gasteiger partial charge >= 0.3 is 0 Å². The SMILES string of the molecule is CC1SCC(c2nsc(Cl)n2)SC1C. The van der Waals surface area contributed by atoms with Gasteiger partial charge in [0.15, 0.2) is 5.82 Å². The van der Waals surface area contributed by atoms with Crippen LogP contribution >= 0.6 is 46.7 Å². The monoisotopic (exact) mass is 266 g/mol. The summed E-state index contributed by atoms with van der Waals surface area (Å²) in [5.41, 5.74) is 0. The van der Waals surface area contributed by atoms with Crippen molar-refractivity contribution in [1.82, 2.24) is 9.36 Å². The summed E-state index contributed by atoms with van der Waals surface area (Å²) in [6.07, 6.45) is 0. The molecule has 1 aliphatic heterocycles. The number of aromatic nitrogens is 2. The Morgan fingerprint density at radius 2 is 2.14 bits per heavy atom. The van der Waals surface area contributed by atoms with Crippen molar-refractivity contribution < 1.29 is 0 Å². The van der Waals surface area contributed by atoms with Gasteiger partial charge in [-0.3, -0.25) is 0 Å². The average molecular weight is 267 g/mol. The molecular weight excluding hydrogens is 256 g/mol. The van der Waals surface area contributed by atoms with Gasteiger partial charge in [0, 0.05) is 16.3 Å². The molecule has 1 aromatic heterocycles. The van der Waals surface area contributed by atoms with Crippen molar-refractivity contribution in [2.24, 2.45) is 0 Å². The summed E-state index contributed by atoms with van der Waals surface area (Å²) in [6.45, 7) is 4.54. The highest BCUT2D eigenvalue weighted by Crippen LogP contribution is 2.43. The van der Waals surface area contributed by atoms with E-state index < -0.39 is 0 Å². The molecule has 14 heavy (non-hydrogen) atoms. The molecule has 2 nitrogen and oxygen atoms in total. The van der Waals surface area contributed by atoms with Crippen molar-refractivity contribution in [2.45, 2.75) is 29.6 Å². The standard InChI is InChI=1S/C8H11ClN2S3/c1-4-5(2)13-6(3-12-4)7-10-8(9)14-11-7/h4-6H,3H2,1-2H3. The maximum atomic E-state index is 5.77. The fourth-order valence-electron chi connectivity index (χ4n) is 1.27. The summed E-state index contributed by atoms with van der Waals surface area (Å²) in [4.78, 5) is 4.23. The number of halogens is 1. The summed E-state index contributed by atoms with van der Waals surface area (Å²) < 4.78 is 4.82. The van der Waals surface area contributed by atoms with Gasteiger partial charge in [-0.25, -0.2) is 4.98 Å². The molecular formula is C8H11ClN2S3. The molecule has 1 saturated heterocycles. The molecule has 3 atom stereocenters. The van der Waals surface area contributed by atoms with E-state index in [4.69, 9.17) is 11.6 Å². The van der Waals surface area contributed by atoms with Crippen LogP contribution in [-0.2, 0) is 0 Å². The van der Waals surface area contributed by atoms with E-state index in [1.54, 1.807) is 0 Å². The second-order valence-corrected chi connectivity index (χ2v) is 7.60. The molecule has 0 amide bonds. The van der Waals surface area contributed by atoms with E-state index in [1.165, 1.54) is 11.5 Å². The van der Waals surface area contributed by atoms with E-state index >= 15 is 0 Å². The lowest BCUT2D eigenvalue weighted by atomic mass is 10.4. The molecule has 78 valence electrons. The molecule has 0 saturated carbocycles. The molecule has 6 heteroatoms. The van der Waals surface area contributed by atoms with Crippen molar-refractivity contribution in [1.29, 1.82) is 0 Å². The molecule has 1 aromatic rings. The molecule has 0 N–H and O–H groups in total. The second kappa shape index (κ2) is 4.60. The lowest BCUT2D eigenvalue weighted by Crippen LogP contribution is -2.22. The van der Waals surface area contributed by atoms with Crippen molar-refractivity contribution >= 4 is 46.7 Å². The largest absolute Gasteiger partial charge is 0.207 e. The summed E-state index contributed by atoms with van der Waals surface area (Å²) >= 11 is 11.0. The van der Waals surface area contributed by atoms with Gasteiger partial charge in [-0.05, 0) is 23.1 Å². The van der Waals surface area contributed by atoms with Gasteiger partial charge in [0.05, 0.1) is 5.25 Å². The molecule has 0 bridgehead atoms. The normalized spacial score (nSPS) is 33.2. The van der Waals surface area contributed by atoms with Crippen LogP contribution < -0.4 is 0 Å². The Morgan fingerprint density at radius 3 is 2.71 bits per heavy atom. The Kier molecular flexibility index (Phi) is 3.63. The van der Waals surface area contributed by atoms with Crippen molar-refractivity contribution in [3.8, 4) is 0 Å². The number of rotatable bonds is 1. The predicted octanol–water partition coefficient (Wildman–Crippen LogP) is 3.49. The lowest BCUT2D eigenvalue weighted by molar-refractivity contribution is 0.874. The Balaban J connectivity index is 2.06. The summed E-state index contributed by atoms with van der Waals surface area (Å²) in [5, 5.41) is 1.82. The molecule has 1 fully saturated rings. The van der Waals surface area contributed by atoms with Gasteiger partial charge < -0.3 is 0 Å². The number of hydrogen-bond acceptors (Lipinski definition) is 5. The van der Waals surface area contributed by atoms with Crippen LogP contribution in [0.5, 0.6) is 0 Å². The fourth-order valence-corrected chi connectivity index (χ4v) is 4.84. The van der Waals surface area contributed by atoms with Crippen LogP contribution in [-0.4, -0.2) is 25.6 Å². The average Bonchev–Trinajstić information content (AvgIpc) is 2.57. The third-order valence-corrected chi connectivity index (χ3v) is 6.45. The summed E-state index contributed by atoms with van der Waals surface area (Å²) in [5.74, 6) is 2.01. The van der Waals surface area contributed by atoms with Gasteiger partial charge in [0.2, 0.25) is 4.47 Å². The molecule has 1 aliphatic rings. The highest BCUT2D eigenvalue weighted by Gasteiger charge is 2.28. The van der Waals surface area contributed by atoms with E-state index in [2.05, 4.69) is 23.2 Å². The van der Waals surface area contributed by atoms with Crippen LogP contribution in [0.1, 0.15) is 24.9 Å². The second-order valence-electron chi connectivity index (χ2n) is 3.27. The molecule has 2 rings (SSSR count). The van der Waals surface area contributed by atoms with Crippen LogP contribution in [0.3, 0.4) is 0 Å². The molecule has 0 aromatic carbocycles. The molecule has 0 spiro atoms. The zero-order valence-electron chi connectivity index (χ0n) is 7.94. The first-order valence-electron chi connectivity index (χ1n) is 4.43. The summed E-state index contributed by atoms with van der Waals surface area (Å²) in [6, 6.07) is 0. The van der Waals surface area contributed by atoms with Crippen LogP contribution in [0.15, 0.2) is 0 Å². The Labute approximate surface area is 101 Å². The molecule has 2 heterocycles. The van der Waals surface area contributed by atoms with Gasteiger partial charge in [-0.2, -0.15) is 16.1 Å². The van der Waals surface area contributed by atoms with E-state index in [0.29, 0.717) is 15.0 Å². The van der Waals surface area contributed by atoms with Gasteiger partial charge in [0.25, 0.3) is 0 Å². The highest BCUT2D eigenvalue weighted by molar-refractivity contribution is 8.07. The predicted molar refractivity (Wildman–Crippen MR) is 66.6 cm³/mol. The first kappa shape index (κ1) is 11.0. The minimum Gasteiger partial charge on any atom is -0.207 e. The Morgan fingerprint density at radius 1 is 1.36 bits per heavy atom. The molecule has 0 radical (unpaired) electrons. The fraction of sp³-hybridized carbons (Fsp3) is 0.750. The first-order valence-corrected chi connectivity index (χ1v) is 7.57. The number of thioether (sulfide) groups is 2. The van der Waals surface area contributed by atoms with Crippen molar-refractivity contribution in [2.75, 3.05) is 5.75 Å². The first-order chi connectivity index (χ1) is 6.66. The smallest absolute Gasteiger partial charge is 0.203 e. The van der Waals surface area contributed by atoms with E-state index in [9.17, 15) is 0 Å². The maximum absolute atomic E-state index is 5.77. The van der Waals surface area contributed by atoms with Crippen LogP contribution in [0.2, 0.25) is 4.47 Å². The zero-order valence-corrected chi connectivity index (χ0v) is 11.1. The van der Waals surface area contributed by atoms with E-state index in [0.717, 1.165) is 16.8 Å². The minimum absolute atomic E-state index is 0.426. The number of hydrogen-bond donors (Lipinski definition) is 0. The maximum Gasteiger partial charge on any atom is 0.203 e. The van der Waals surface area contributed by atoms with Crippen LogP contribution in [0, 0.1) is 0 Å². The Bertz CT molecular complexity index is 317. The van der Waals surface area contributed by atoms with E-state index in [-0.39, 0.29) is 0 Å². The summed E-state index contributed by atoms with van der Waals surface area (Å²) in [7, 11) is 0. The van der Waals surface area contributed by atoms with Gasteiger partial charge in [-0.15, -0.1) is 11.8 Å². The quantitative estimate of drug-likeness (QED) is 0.777. The third-order valence-electron chi connectivity index (χ3n) is 2.26. The molecule has 3 unspecified atom stereocenters. The zero-order chi connectivity index (χ0) is 10.1. The topological polar surface area (TPSA) is 25.8 Å². The highest BCUT2D eigenvalue weighted by atomic mass is 35.5. The van der Waals surface area contributed by atoms with Crippen molar-refractivity contribution in [3.63, 3.8) is 0 Å². The Hall–Kier alpha value is 0.550. The van der Waals surface area contributed by atoms with Crippen molar-refractivity contribution in [3.05, 3.63) is 10.3 Å². The van der Waals surface area contributed by atoms with Gasteiger partial charge in [-0.1, -0.05) is 13.8 Å². The number of nitrogens with zero attached hydrogens (tertiary/aromatic N) is 2. The van der Waals surface area contributed by atoms with E-state index in [1.807, 2.05) is 23.5 Å². The molecule has 0 aliphatic carbocycles.